The molecule has 0 aliphatic carbocycles. The van der Waals surface area contributed by atoms with Gasteiger partial charge in [-0.25, -0.2) is 15.1 Å². The molecule has 3 aromatic rings. The number of H-pyrrole nitrogens is 1. The second-order valence-electron chi connectivity index (χ2n) is 5.95. The Balaban J connectivity index is 1.78. The van der Waals surface area contributed by atoms with Gasteiger partial charge < -0.3 is 4.90 Å². The first-order chi connectivity index (χ1) is 12.9. The SMILES string of the molecule is O=c1[nH]ncc(N2CCc3ncn(-c4cccnc4C(F)(F)F)c3C2)c1Cl. The first-order valence-electron chi connectivity index (χ1n) is 7.92. The number of aromatic nitrogens is 5. The third kappa shape index (κ3) is 3.05. The van der Waals surface area contributed by atoms with Crippen LogP contribution in [0.5, 0.6) is 0 Å². The minimum absolute atomic E-state index is 0.0168. The molecule has 1 N–H and O–H groups in total. The Morgan fingerprint density at radius 3 is 2.81 bits per heavy atom. The summed E-state index contributed by atoms with van der Waals surface area (Å²) in [5.41, 5.74) is 0.0725. The number of nitrogens with one attached hydrogen (secondary N) is 1. The number of hydrogen-bond donors (Lipinski definition) is 1. The maximum atomic E-state index is 13.3. The highest BCUT2D eigenvalue weighted by atomic mass is 35.5. The Morgan fingerprint density at radius 2 is 2.04 bits per heavy atom. The molecule has 0 saturated heterocycles. The summed E-state index contributed by atoms with van der Waals surface area (Å²) in [6.45, 7) is 0.737. The second kappa shape index (κ2) is 6.38. The number of hydrogen-bond acceptors (Lipinski definition) is 5. The number of nitrogens with zero attached hydrogens (tertiary/aromatic N) is 5. The molecule has 1 aliphatic heterocycles. The summed E-state index contributed by atoms with van der Waals surface area (Å²) in [4.78, 5) is 21.2. The normalized spacial score (nSPS) is 14.3. The van der Waals surface area contributed by atoms with E-state index >= 15 is 0 Å². The largest absolute Gasteiger partial charge is 0.435 e. The van der Waals surface area contributed by atoms with Crippen molar-refractivity contribution in [1.29, 1.82) is 0 Å². The van der Waals surface area contributed by atoms with Crippen molar-refractivity contribution in [2.45, 2.75) is 19.1 Å². The highest BCUT2D eigenvalue weighted by Gasteiger charge is 2.36. The molecule has 0 amide bonds. The van der Waals surface area contributed by atoms with Crippen LogP contribution in [-0.4, -0.2) is 31.3 Å². The van der Waals surface area contributed by atoms with Crippen LogP contribution in [0.4, 0.5) is 18.9 Å². The summed E-state index contributed by atoms with van der Waals surface area (Å²) < 4.78 is 41.4. The molecule has 0 radical (unpaired) electrons. The van der Waals surface area contributed by atoms with Crippen LogP contribution in [-0.2, 0) is 19.1 Å². The van der Waals surface area contributed by atoms with E-state index in [1.165, 1.54) is 29.2 Å². The van der Waals surface area contributed by atoms with E-state index in [0.29, 0.717) is 30.0 Å². The molecule has 0 fully saturated rings. The fourth-order valence-corrected chi connectivity index (χ4v) is 3.32. The summed E-state index contributed by atoms with van der Waals surface area (Å²) in [7, 11) is 0. The van der Waals surface area contributed by atoms with Gasteiger partial charge in [0.25, 0.3) is 5.56 Å². The monoisotopic (exact) mass is 396 g/mol. The second-order valence-corrected chi connectivity index (χ2v) is 6.32. The van der Waals surface area contributed by atoms with Gasteiger partial charge in [0.15, 0.2) is 5.69 Å². The predicted octanol–water partition coefficient (Wildman–Crippen LogP) is 2.59. The lowest BCUT2D eigenvalue weighted by Crippen LogP contribution is -2.33. The molecule has 7 nitrogen and oxygen atoms in total. The maximum absolute atomic E-state index is 13.3. The van der Waals surface area contributed by atoms with Crippen LogP contribution in [0.3, 0.4) is 0 Å². The quantitative estimate of drug-likeness (QED) is 0.720. The van der Waals surface area contributed by atoms with E-state index in [-0.39, 0.29) is 17.3 Å². The molecular formula is C16H12ClF3N6O. The van der Waals surface area contributed by atoms with Gasteiger partial charge in [0.2, 0.25) is 0 Å². The van der Waals surface area contributed by atoms with Crippen LogP contribution in [0.15, 0.2) is 35.6 Å². The molecular weight excluding hydrogens is 385 g/mol. The van der Waals surface area contributed by atoms with Gasteiger partial charge in [0.1, 0.15) is 5.02 Å². The number of halogens is 4. The summed E-state index contributed by atoms with van der Waals surface area (Å²) >= 11 is 6.06. The van der Waals surface area contributed by atoms with E-state index in [9.17, 15) is 18.0 Å². The van der Waals surface area contributed by atoms with Crippen molar-refractivity contribution in [3.05, 3.63) is 63.3 Å². The van der Waals surface area contributed by atoms with Crippen LogP contribution in [0, 0.1) is 0 Å². The van der Waals surface area contributed by atoms with Crippen molar-refractivity contribution < 1.29 is 13.2 Å². The summed E-state index contributed by atoms with van der Waals surface area (Å²) in [6, 6.07) is 2.79. The average molecular weight is 397 g/mol. The number of pyridine rings is 1. The van der Waals surface area contributed by atoms with Crippen molar-refractivity contribution >= 4 is 17.3 Å². The molecule has 0 atom stereocenters. The molecule has 0 unspecified atom stereocenters. The molecule has 140 valence electrons. The molecule has 11 heteroatoms. The molecule has 1 aliphatic rings. The molecule has 4 heterocycles. The molecule has 0 aromatic carbocycles. The van der Waals surface area contributed by atoms with E-state index in [2.05, 4.69) is 20.2 Å². The third-order valence-corrected chi connectivity index (χ3v) is 4.71. The fourth-order valence-electron chi connectivity index (χ4n) is 3.11. The lowest BCUT2D eigenvalue weighted by atomic mass is 10.1. The molecule has 3 aromatic heterocycles. The van der Waals surface area contributed by atoms with Crippen LogP contribution >= 0.6 is 11.6 Å². The maximum Gasteiger partial charge on any atom is 0.435 e. The van der Waals surface area contributed by atoms with Gasteiger partial charge in [0.05, 0.1) is 41.8 Å². The average Bonchev–Trinajstić information content (AvgIpc) is 3.06. The van der Waals surface area contributed by atoms with E-state index < -0.39 is 17.4 Å². The standard InChI is InChI=1S/C16H12ClF3N6O/c17-13-11(6-23-24-15(13)27)25-5-3-9-12(7-25)26(8-22-9)10-2-1-4-21-14(10)16(18,19)20/h1-2,4,6,8H,3,5,7H2,(H,24,27). The number of fused-ring (bicyclic) bond motifs is 1. The summed E-state index contributed by atoms with van der Waals surface area (Å²) in [6.07, 6.45) is -0.225. The number of aromatic amines is 1. The zero-order valence-electron chi connectivity index (χ0n) is 13.7. The van der Waals surface area contributed by atoms with Crippen molar-refractivity contribution in [2.75, 3.05) is 11.4 Å². The molecule has 0 bridgehead atoms. The Hall–Kier alpha value is -2.88. The van der Waals surface area contributed by atoms with Crippen molar-refractivity contribution in [3.8, 4) is 5.69 Å². The molecule has 0 saturated carbocycles. The van der Waals surface area contributed by atoms with E-state index in [1.807, 2.05) is 0 Å². The van der Waals surface area contributed by atoms with E-state index in [1.54, 1.807) is 4.90 Å². The Morgan fingerprint density at radius 1 is 1.22 bits per heavy atom. The lowest BCUT2D eigenvalue weighted by Gasteiger charge is -2.29. The lowest BCUT2D eigenvalue weighted by molar-refractivity contribution is -0.141. The van der Waals surface area contributed by atoms with E-state index in [0.717, 1.165) is 6.20 Å². The van der Waals surface area contributed by atoms with Crippen molar-refractivity contribution in [1.82, 2.24) is 24.7 Å². The van der Waals surface area contributed by atoms with Crippen LogP contribution in [0.1, 0.15) is 17.1 Å². The van der Waals surface area contributed by atoms with E-state index in [4.69, 9.17) is 11.6 Å². The molecule has 4 rings (SSSR count). The fraction of sp³-hybridized carbons (Fsp3) is 0.250. The van der Waals surface area contributed by atoms with Gasteiger partial charge in [0, 0.05) is 19.2 Å². The summed E-state index contributed by atoms with van der Waals surface area (Å²) in [5, 5.41) is 5.97. The minimum Gasteiger partial charge on any atom is -0.363 e. The van der Waals surface area contributed by atoms with Crippen molar-refractivity contribution in [3.63, 3.8) is 0 Å². The zero-order valence-corrected chi connectivity index (χ0v) is 14.4. The number of alkyl halides is 3. The van der Waals surface area contributed by atoms with Gasteiger partial charge in [-0.05, 0) is 12.1 Å². The molecule has 0 spiro atoms. The van der Waals surface area contributed by atoms with Gasteiger partial charge in [-0.1, -0.05) is 11.6 Å². The molecule has 27 heavy (non-hydrogen) atoms. The Labute approximate surface area is 155 Å². The van der Waals surface area contributed by atoms with Crippen LogP contribution < -0.4 is 10.5 Å². The predicted molar refractivity (Wildman–Crippen MR) is 91.0 cm³/mol. The summed E-state index contributed by atoms with van der Waals surface area (Å²) in [5.74, 6) is 0. The highest BCUT2D eigenvalue weighted by molar-refractivity contribution is 6.32. The van der Waals surface area contributed by atoms with Gasteiger partial charge in [-0.2, -0.15) is 18.3 Å². The number of imidazole rings is 1. The van der Waals surface area contributed by atoms with Gasteiger partial charge >= 0.3 is 6.18 Å². The first-order valence-corrected chi connectivity index (χ1v) is 8.30. The van der Waals surface area contributed by atoms with Gasteiger partial charge in [-0.15, -0.1) is 0 Å². The first kappa shape index (κ1) is 17.5. The topological polar surface area (TPSA) is 79.7 Å². The number of anilines is 1. The van der Waals surface area contributed by atoms with Crippen LogP contribution in [0.2, 0.25) is 5.02 Å². The zero-order chi connectivity index (χ0) is 19.2. The Kier molecular flexibility index (Phi) is 4.14. The van der Waals surface area contributed by atoms with Crippen LogP contribution in [0.25, 0.3) is 5.69 Å². The Bertz CT molecular complexity index is 1060. The van der Waals surface area contributed by atoms with Crippen molar-refractivity contribution in [2.24, 2.45) is 0 Å². The highest BCUT2D eigenvalue weighted by Crippen LogP contribution is 2.34. The third-order valence-electron chi connectivity index (χ3n) is 4.34. The smallest absolute Gasteiger partial charge is 0.363 e. The van der Waals surface area contributed by atoms with Gasteiger partial charge in [-0.3, -0.25) is 9.36 Å². The number of rotatable bonds is 2. The minimum atomic E-state index is -4.60.